The van der Waals surface area contributed by atoms with E-state index in [-0.39, 0.29) is 40.0 Å². The minimum Gasteiger partial charge on any atom is -0.507 e. The number of ether oxygens (including phenoxy) is 2. The highest BCUT2D eigenvalue weighted by molar-refractivity contribution is 8.72. The third kappa shape index (κ3) is 7.64. The number of hydrogen-bond acceptors (Lipinski definition) is 11. The molecule has 1 aliphatic rings. The van der Waals surface area contributed by atoms with Gasteiger partial charge in [-0.1, -0.05) is 36.4 Å². The van der Waals surface area contributed by atoms with E-state index in [0.29, 0.717) is 22.1 Å². The van der Waals surface area contributed by atoms with Gasteiger partial charge >= 0.3 is 5.97 Å². The van der Waals surface area contributed by atoms with Crippen molar-refractivity contribution < 1.29 is 37.5 Å². The summed E-state index contributed by atoms with van der Waals surface area (Å²) in [5.41, 5.74) is 1.14. The molecule has 0 aliphatic carbocycles. The van der Waals surface area contributed by atoms with Gasteiger partial charge in [0.15, 0.2) is 12.1 Å². The van der Waals surface area contributed by atoms with Gasteiger partial charge < -0.3 is 19.5 Å². The van der Waals surface area contributed by atoms with Crippen molar-refractivity contribution in [3.05, 3.63) is 106 Å². The molecule has 3 aromatic rings. The van der Waals surface area contributed by atoms with E-state index in [1.807, 2.05) is 0 Å². The van der Waals surface area contributed by atoms with Crippen molar-refractivity contribution in [1.29, 1.82) is 0 Å². The normalized spacial score (nSPS) is 17.0. The summed E-state index contributed by atoms with van der Waals surface area (Å²) in [6, 6.07) is 13.3. The zero-order valence-corrected chi connectivity index (χ0v) is 26.4. The lowest BCUT2D eigenvalue weighted by atomic mass is 9.99. The number of hydrogen-bond donors (Lipinski definition) is 1. The van der Waals surface area contributed by atoms with Crippen LogP contribution in [0.25, 0.3) is 0 Å². The van der Waals surface area contributed by atoms with Crippen LogP contribution < -0.4 is 4.74 Å². The fourth-order valence-electron chi connectivity index (χ4n) is 4.30. The highest BCUT2D eigenvalue weighted by Gasteiger charge is 2.55. The van der Waals surface area contributed by atoms with Gasteiger partial charge in [0, 0.05) is 40.6 Å². The number of amides is 1. The van der Waals surface area contributed by atoms with E-state index in [1.54, 1.807) is 43.3 Å². The standard InChI is InChI=1S/C30H28ClN3O9S2/c1-18-4-11-24(12-5-18)45(40,41)44-29-26(32-16-21-14-22(34(38)39)8-13-25(21)35)28(36)33(29)27(19(2)15-31)30(37)43-17-20-6-9-23(42-3)10-7-20/h4-14,16,26-27,29,35H,2,15,17H2,1,3H3. The Morgan fingerprint density at radius 1 is 1.20 bits per heavy atom. The molecular formula is C30H28ClN3O9S2. The second kappa shape index (κ2) is 14.1. The van der Waals surface area contributed by atoms with E-state index >= 15 is 0 Å². The number of halogens is 1. The molecule has 1 amide bonds. The van der Waals surface area contributed by atoms with Gasteiger partial charge in [-0.2, -0.15) is 0 Å². The van der Waals surface area contributed by atoms with Gasteiger partial charge in [-0.3, -0.25) is 19.9 Å². The number of alkyl halides is 1. The van der Waals surface area contributed by atoms with Gasteiger partial charge in [-0.05, 0) is 48.4 Å². The van der Waals surface area contributed by atoms with Gasteiger partial charge in [0.25, 0.3) is 11.6 Å². The Kier molecular flexibility index (Phi) is 10.5. The number of aromatic hydroxyl groups is 1. The van der Waals surface area contributed by atoms with Crippen molar-refractivity contribution in [3.63, 3.8) is 0 Å². The first kappa shape index (κ1) is 33.5. The van der Waals surface area contributed by atoms with E-state index < -0.39 is 43.1 Å². The largest absolute Gasteiger partial charge is 0.507 e. The maximum absolute atomic E-state index is 13.6. The van der Waals surface area contributed by atoms with Gasteiger partial charge in [-0.15, -0.1) is 11.6 Å². The number of aliphatic imine (C=N–C) groups is 1. The van der Waals surface area contributed by atoms with Crippen molar-refractivity contribution in [3.8, 4) is 11.5 Å². The number of nitrogens with zero attached hydrogens (tertiary/aromatic N) is 3. The molecule has 12 nitrogen and oxygen atoms in total. The topological polar surface area (TPSA) is 166 Å². The molecule has 0 radical (unpaired) electrons. The second-order valence-electron chi connectivity index (χ2n) is 9.87. The predicted octanol–water partition coefficient (Wildman–Crippen LogP) is 4.60. The first-order chi connectivity index (χ1) is 21.4. The van der Waals surface area contributed by atoms with Crippen molar-refractivity contribution >= 4 is 55.0 Å². The minimum atomic E-state index is -4.11. The smallest absolute Gasteiger partial charge is 0.333 e. The van der Waals surface area contributed by atoms with Crippen molar-refractivity contribution in [2.75, 3.05) is 13.0 Å². The molecule has 45 heavy (non-hydrogen) atoms. The number of likely N-dealkylation sites (tertiary alicyclic amines) is 1. The summed E-state index contributed by atoms with van der Waals surface area (Å²) in [6.45, 7) is 5.46. The van der Waals surface area contributed by atoms with Crippen LogP contribution in [0.4, 0.5) is 5.69 Å². The third-order valence-corrected chi connectivity index (χ3v) is 10.8. The third-order valence-electron chi connectivity index (χ3n) is 6.78. The number of esters is 1. The first-order valence-corrected chi connectivity index (χ1v) is 16.6. The molecule has 3 aromatic carbocycles. The summed E-state index contributed by atoms with van der Waals surface area (Å²) in [4.78, 5) is 42.7. The van der Waals surface area contributed by atoms with Crippen molar-refractivity contribution in [2.24, 2.45) is 4.99 Å². The van der Waals surface area contributed by atoms with E-state index in [9.17, 15) is 33.2 Å². The molecule has 0 spiro atoms. The Morgan fingerprint density at radius 2 is 1.87 bits per heavy atom. The number of nitro groups is 1. The summed E-state index contributed by atoms with van der Waals surface area (Å²) >= 11 is 6.04. The SMILES string of the molecule is C=C(CCl)C(C(=O)OCc1ccc(OC)cc1)N1C(=O)C(N=Cc2cc([N+](=O)[O-])ccc2O)C1SS(=O)(=O)c1ccc(C)cc1. The minimum absolute atomic E-state index is 0.0359. The summed E-state index contributed by atoms with van der Waals surface area (Å²) in [7, 11) is -2.20. The number of non-ortho nitro benzene ring substituents is 1. The summed E-state index contributed by atoms with van der Waals surface area (Å²) < 4.78 is 37.6. The van der Waals surface area contributed by atoms with Crippen LogP contribution in [0.15, 0.2) is 88.8 Å². The molecule has 1 heterocycles. The van der Waals surface area contributed by atoms with Crippen LogP contribution in [0.5, 0.6) is 11.5 Å². The summed E-state index contributed by atoms with van der Waals surface area (Å²) in [5.74, 6) is -1.62. The van der Waals surface area contributed by atoms with Crippen LogP contribution >= 0.6 is 22.4 Å². The number of β-lactam (4-membered cyclic amide) rings is 1. The van der Waals surface area contributed by atoms with Crippen molar-refractivity contribution in [2.45, 2.75) is 35.9 Å². The Hall–Kier alpha value is -4.40. The van der Waals surface area contributed by atoms with E-state index in [0.717, 1.165) is 34.9 Å². The highest BCUT2D eigenvalue weighted by atomic mass is 35.5. The quantitative estimate of drug-likeness (QED) is 0.0396. The number of aryl methyl sites for hydroxylation is 1. The molecule has 4 rings (SSSR count). The lowest BCUT2D eigenvalue weighted by Crippen LogP contribution is -2.68. The number of rotatable bonds is 13. The van der Waals surface area contributed by atoms with Crippen LogP contribution in [0.3, 0.4) is 0 Å². The van der Waals surface area contributed by atoms with Crippen LogP contribution in [-0.4, -0.2) is 71.9 Å². The number of phenols is 1. The van der Waals surface area contributed by atoms with E-state index in [4.69, 9.17) is 21.1 Å². The summed E-state index contributed by atoms with van der Waals surface area (Å²) in [6.07, 6.45) is 1.04. The predicted molar refractivity (Wildman–Crippen MR) is 169 cm³/mol. The highest BCUT2D eigenvalue weighted by Crippen LogP contribution is 2.41. The molecule has 236 valence electrons. The molecule has 1 aliphatic heterocycles. The molecule has 3 atom stereocenters. The van der Waals surface area contributed by atoms with Crippen LogP contribution in [0.1, 0.15) is 16.7 Å². The van der Waals surface area contributed by atoms with Gasteiger partial charge in [0.1, 0.15) is 23.5 Å². The Morgan fingerprint density at radius 3 is 2.47 bits per heavy atom. The molecule has 1 N–H and O–H groups in total. The fraction of sp³-hybridized carbons (Fsp3) is 0.233. The molecule has 1 fully saturated rings. The molecule has 1 saturated heterocycles. The summed E-state index contributed by atoms with van der Waals surface area (Å²) in [5, 5.41) is 20.2. The van der Waals surface area contributed by atoms with Crippen LogP contribution in [0.2, 0.25) is 0 Å². The zero-order chi connectivity index (χ0) is 32.9. The molecule has 0 bridgehead atoms. The van der Waals surface area contributed by atoms with E-state index in [2.05, 4.69) is 11.6 Å². The van der Waals surface area contributed by atoms with Crippen LogP contribution in [0, 0.1) is 17.0 Å². The number of carbonyl (C=O) groups excluding carboxylic acids is 2. The molecule has 15 heteroatoms. The lowest BCUT2D eigenvalue weighted by Gasteiger charge is -2.47. The van der Waals surface area contributed by atoms with Gasteiger partial charge in [0.2, 0.25) is 8.87 Å². The average Bonchev–Trinajstić information content (AvgIpc) is 3.02. The molecule has 3 unspecified atom stereocenters. The van der Waals surface area contributed by atoms with Gasteiger partial charge in [0.05, 0.1) is 16.9 Å². The Labute approximate surface area is 267 Å². The molecule has 0 saturated carbocycles. The Bertz CT molecular complexity index is 1750. The number of phenolic OH excluding ortho intramolecular Hbond substituents is 1. The number of nitro benzene ring substituents is 1. The maximum Gasteiger partial charge on any atom is 0.333 e. The number of carbonyl (C=O) groups is 2. The number of benzene rings is 3. The second-order valence-corrected chi connectivity index (χ2v) is 14.1. The number of methoxy groups -OCH3 is 1. The van der Waals surface area contributed by atoms with Gasteiger partial charge in [-0.25, -0.2) is 13.2 Å². The maximum atomic E-state index is 13.6. The van der Waals surface area contributed by atoms with Crippen LogP contribution in [-0.2, 0) is 29.8 Å². The monoisotopic (exact) mass is 673 g/mol. The lowest BCUT2D eigenvalue weighted by molar-refractivity contribution is -0.384. The zero-order valence-electron chi connectivity index (χ0n) is 24.0. The molecular weight excluding hydrogens is 646 g/mol. The van der Waals surface area contributed by atoms with Crippen molar-refractivity contribution in [1.82, 2.24) is 4.90 Å². The Balaban J connectivity index is 1.67. The van der Waals surface area contributed by atoms with E-state index in [1.165, 1.54) is 19.2 Å². The average molecular weight is 674 g/mol. The molecule has 0 aromatic heterocycles. The first-order valence-electron chi connectivity index (χ1n) is 13.2. The fourth-order valence-corrected chi connectivity index (χ4v) is 7.93.